The monoisotopic (exact) mass is 429 g/mol. The van der Waals surface area contributed by atoms with Crippen molar-refractivity contribution in [2.75, 3.05) is 33.6 Å². The molecule has 3 aromatic rings. The molecule has 1 fully saturated rings. The van der Waals surface area contributed by atoms with E-state index in [2.05, 4.69) is 14.9 Å². The number of furan rings is 1. The number of methoxy groups -OCH3 is 2. The topological polar surface area (TPSA) is 77.2 Å². The highest BCUT2D eigenvalue weighted by Crippen LogP contribution is 2.38. The van der Waals surface area contributed by atoms with Gasteiger partial charge in [-0.15, -0.1) is 0 Å². The van der Waals surface area contributed by atoms with Crippen LogP contribution in [-0.4, -0.2) is 54.6 Å². The Hall–Kier alpha value is -3.07. The van der Waals surface area contributed by atoms with E-state index in [1.54, 1.807) is 25.4 Å². The molecule has 1 saturated heterocycles. The molecule has 0 atom stereocenters. The summed E-state index contributed by atoms with van der Waals surface area (Å²) in [5, 5.41) is 1.57. The molecule has 30 heavy (non-hydrogen) atoms. The molecule has 0 radical (unpaired) electrons. The van der Waals surface area contributed by atoms with Gasteiger partial charge in [0.05, 0.1) is 26.1 Å². The van der Waals surface area contributed by atoms with Crippen molar-refractivity contribution in [1.82, 2.24) is 9.88 Å². The fourth-order valence-corrected chi connectivity index (χ4v) is 4.08. The number of halogens is 1. The van der Waals surface area contributed by atoms with Crippen LogP contribution in [0, 0.1) is 5.82 Å². The molecule has 0 unspecified atom stereocenters. The lowest BCUT2D eigenvalue weighted by Crippen LogP contribution is -2.47. The average Bonchev–Trinajstić information content (AvgIpc) is 3.10. The molecule has 1 aliphatic heterocycles. The summed E-state index contributed by atoms with van der Waals surface area (Å²) in [7, 11) is 2.86. The highest BCUT2D eigenvalue weighted by Gasteiger charge is 2.36. The van der Waals surface area contributed by atoms with Crippen LogP contribution < -0.4 is 4.74 Å². The van der Waals surface area contributed by atoms with Crippen molar-refractivity contribution in [1.29, 1.82) is 0 Å². The molecule has 7 nitrogen and oxygen atoms in total. The molecule has 1 aromatic carbocycles. The van der Waals surface area contributed by atoms with Gasteiger partial charge in [0.1, 0.15) is 11.4 Å². The van der Waals surface area contributed by atoms with Crippen molar-refractivity contribution in [3.8, 4) is 5.88 Å². The molecule has 0 saturated carbocycles. The Morgan fingerprint density at radius 3 is 2.73 bits per heavy atom. The molecule has 3 heterocycles. The second-order valence-corrected chi connectivity index (χ2v) is 7.51. The Kier molecular flexibility index (Phi) is 5.63. The first-order valence-electron chi connectivity index (χ1n) is 9.22. The summed E-state index contributed by atoms with van der Waals surface area (Å²) >= 11 is 1.53. The first kappa shape index (κ1) is 20.2. The summed E-state index contributed by atoms with van der Waals surface area (Å²) in [4.78, 5) is 23.2. The van der Waals surface area contributed by atoms with Gasteiger partial charge >= 0.3 is 5.97 Å². The highest BCUT2D eigenvalue weighted by molar-refractivity contribution is 8.13. The standard InChI is InChI=1S/C21H20FN3O4S/c1-27-17-7-5-14(9-23-17)24-21(30-3)25-10-12(11-25)18-15-6-4-13(22)8-16(15)29-19(18)20(26)28-2/h4-9,12H,10-11H2,1-3H3. The number of ether oxygens (including phenoxy) is 2. The second-order valence-electron chi connectivity index (χ2n) is 6.74. The van der Waals surface area contributed by atoms with E-state index >= 15 is 0 Å². The van der Waals surface area contributed by atoms with Gasteiger partial charge in [0, 0.05) is 42.1 Å². The number of fused-ring (bicyclic) bond motifs is 1. The number of amidine groups is 1. The minimum atomic E-state index is -0.567. The third-order valence-corrected chi connectivity index (χ3v) is 5.67. The zero-order valence-electron chi connectivity index (χ0n) is 16.7. The van der Waals surface area contributed by atoms with Gasteiger partial charge in [-0.1, -0.05) is 11.8 Å². The number of thioether (sulfide) groups is 1. The lowest BCUT2D eigenvalue weighted by Gasteiger charge is -2.40. The summed E-state index contributed by atoms with van der Waals surface area (Å²) in [5.41, 5.74) is 1.81. The van der Waals surface area contributed by atoms with E-state index in [-0.39, 0.29) is 11.7 Å². The summed E-state index contributed by atoms with van der Waals surface area (Å²) in [6.07, 6.45) is 3.61. The average molecular weight is 429 g/mol. The number of hydrogen-bond donors (Lipinski definition) is 0. The van der Waals surface area contributed by atoms with Crippen LogP contribution >= 0.6 is 11.8 Å². The third-order valence-electron chi connectivity index (χ3n) is 4.96. The van der Waals surface area contributed by atoms with Crippen LogP contribution in [-0.2, 0) is 4.74 Å². The fourth-order valence-electron chi connectivity index (χ4n) is 3.47. The molecule has 1 aliphatic rings. The maximum Gasteiger partial charge on any atom is 0.374 e. The van der Waals surface area contributed by atoms with Crippen LogP contribution in [0.1, 0.15) is 22.0 Å². The predicted octanol–water partition coefficient (Wildman–Crippen LogP) is 4.21. The van der Waals surface area contributed by atoms with Gasteiger partial charge in [-0.25, -0.2) is 19.2 Å². The Labute approximate surface area is 176 Å². The number of pyridine rings is 1. The SMILES string of the molecule is COC(=O)c1oc2cc(F)ccc2c1C1CN(C(=Nc2ccc(OC)nc2)SC)C1. The summed E-state index contributed by atoms with van der Waals surface area (Å²) in [6.45, 7) is 1.30. The van der Waals surface area contributed by atoms with Gasteiger partial charge in [-0.3, -0.25) is 0 Å². The van der Waals surface area contributed by atoms with Crippen molar-refractivity contribution >= 4 is 39.6 Å². The van der Waals surface area contributed by atoms with Gasteiger partial charge in [-0.05, 0) is 24.5 Å². The van der Waals surface area contributed by atoms with Gasteiger partial charge in [0.15, 0.2) is 5.17 Å². The van der Waals surface area contributed by atoms with Crippen LogP contribution in [0.4, 0.5) is 10.1 Å². The maximum absolute atomic E-state index is 13.6. The van der Waals surface area contributed by atoms with E-state index in [0.29, 0.717) is 24.6 Å². The Morgan fingerprint density at radius 1 is 1.30 bits per heavy atom. The quantitative estimate of drug-likeness (QED) is 0.349. The minimum absolute atomic E-state index is 0.0390. The van der Waals surface area contributed by atoms with E-state index in [4.69, 9.17) is 13.9 Å². The number of nitrogens with zero attached hydrogens (tertiary/aromatic N) is 3. The fraction of sp³-hybridized carbons (Fsp3) is 0.286. The number of benzene rings is 1. The lowest BCUT2D eigenvalue weighted by atomic mass is 9.89. The molecule has 156 valence electrons. The summed E-state index contributed by atoms with van der Waals surface area (Å²) in [5.74, 6) is -0.286. The first-order valence-corrected chi connectivity index (χ1v) is 10.4. The number of esters is 1. The molecule has 0 bridgehead atoms. The molecular weight excluding hydrogens is 409 g/mol. The maximum atomic E-state index is 13.6. The van der Waals surface area contributed by atoms with Crippen LogP contribution in [0.25, 0.3) is 11.0 Å². The van der Waals surface area contributed by atoms with Crippen molar-refractivity contribution < 1.29 is 23.1 Å². The highest BCUT2D eigenvalue weighted by atomic mass is 32.2. The smallest absolute Gasteiger partial charge is 0.374 e. The Bertz CT molecular complexity index is 1110. The zero-order valence-corrected chi connectivity index (χ0v) is 17.5. The molecule has 0 N–H and O–H groups in total. The molecule has 2 aromatic heterocycles. The summed E-state index contributed by atoms with van der Waals surface area (Å²) in [6, 6.07) is 7.89. The Balaban J connectivity index is 1.59. The van der Waals surface area contributed by atoms with Crippen molar-refractivity contribution in [3.05, 3.63) is 53.7 Å². The molecule has 9 heteroatoms. The minimum Gasteiger partial charge on any atom is -0.481 e. The number of aliphatic imine (C=N–C) groups is 1. The van der Waals surface area contributed by atoms with Crippen LogP contribution in [0.2, 0.25) is 0 Å². The normalized spacial score (nSPS) is 14.7. The molecule has 4 rings (SSSR count). The zero-order chi connectivity index (χ0) is 21.3. The largest absolute Gasteiger partial charge is 0.481 e. The number of carbonyl (C=O) groups is 1. The number of hydrogen-bond acceptors (Lipinski definition) is 7. The van der Waals surface area contributed by atoms with Gasteiger partial charge in [0.25, 0.3) is 0 Å². The number of aromatic nitrogens is 1. The van der Waals surface area contributed by atoms with E-state index in [1.807, 2.05) is 12.3 Å². The van der Waals surface area contributed by atoms with Crippen molar-refractivity contribution in [2.24, 2.45) is 4.99 Å². The molecule has 0 amide bonds. The molecular formula is C21H20FN3O4S. The van der Waals surface area contributed by atoms with Crippen molar-refractivity contribution in [3.63, 3.8) is 0 Å². The molecule has 0 spiro atoms. The van der Waals surface area contributed by atoms with E-state index in [1.165, 1.54) is 31.0 Å². The van der Waals surface area contributed by atoms with Crippen LogP contribution in [0.5, 0.6) is 5.88 Å². The predicted molar refractivity (Wildman–Crippen MR) is 113 cm³/mol. The number of carbonyl (C=O) groups excluding carboxylic acids is 1. The van der Waals surface area contributed by atoms with Crippen LogP contribution in [0.3, 0.4) is 0 Å². The summed E-state index contributed by atoms with van der Waals surface area (Å²) < 4.78 is 29.2. The Morgan fingerprint density at radius 2 is 2.10 bits per heavy atom. The number of rotatable bonds is 4. The van der Waals surface area contributed by atoms with Crippen molar-refractivity contribution in [2.45, 2.75) is 5.92 Å². The molecule has 0 aliphatic carbocycles. The third kappa shape index (κ3) is 3.72. The van der Waals surface area contributed by atoms with Gasteiger partial charge in [0.2, 0.25) is 11.6 Å². The van der Waals surface area contributed by atoms with E-state index < -0.39 is 11.8 Å². The van der Waals surface area contributed by atoms with E-state index in [0.717, 1.165) is 21.8 Å². The number of likely N-dealkylation sites (tertiary alicyclic amines) is 1. The lowest BCUT2D eigenvalue weighted by molar-refractivity contribution is 0.0563. The van der Waals surface area contributed by atoms with E-state index in [9.17, 15) is 9.18 Å². The van der Waals surface area contributed by atoms with Crippen LogP contribution in [0.15, 0.2) is 45.9 Å². The van der Waals surface area contributed by atoms with Gasteiger partial charge < -0.3 is 18.8 Å². The second kappa shape index (κ2) is 8.35. The van der Waals surface area contributed by atoms with Gasteiger partial charge in [-0.2, -0.15) is 0 Å². The first-order chi connectivity index (χ1) is 14.5.